The molecule has 2 aromatic heterocycles. The van der Waals surface area contributed by atoms with Gasteiger partial charge < -0.3 is 37.9 Å². The van der Waals surface area contributed by atoms with Crippen molar-refractivity contribution < 1.29 is 57.1 Å². The van der Waals surface area contributed by atoms with E-state index in [9.17, 15) is 19.2 Å². The first-order chi connectivity index (χ1) is 28.3. The normalized spacial score (nSPS) is 14.7. The summed E-state index contributed by atoms with van der Waals surface area (Å²) in [6, 6.07) is 13.0. The van der Waals surface area contributed by atoms with Crippen LogP contribution in [0.1, 0.15) is 59.2 Å². The molecule has 0 N–H and O–H groups in total. The molecule has 2 aromatic carbocycles. The van der Waals surface area contributed by atoms with Gasteiger partial charge in [-0.25, -0.2) is 39.1 Å². The fourth-order valence-electron chi connectivity index (χ4n) is 5.21. The Morgan fingerprint density at radius 3 is 1.28 bits per heavy atom. The first-order valence-corrected chi connectivity index (χ1v) is 18.7. The number of ether oxygens (including phenoxy) is 8. The Bertz CT molecular complexity index is 1810. The molecule has 2 atom stereocenters. The zero-order valence-electron chi connectivity index (χ0n) is 31.8. The lowest BCUT2D eigenvalue weighted by molar-refractivity contribution is -0.288. The largest absolute Gasteiger partial charge is 0.490 e. The second kappa shape index (κ2) is 22.9. The Morgan fingerprint density at radius 1 is 0.552 bits per heavy atom. The fraction of sp³-hybridized carbons (Fsp3) is 0.333. The first-order valence-electron chi connectivity index (χ1n) is 18.7. The molecule has 58 heavy (non-hydrogen) atoms. The van der Waals surface area contributed by atoms with Gasteiger partial charge in [-0.15, -0.1) is 0 Å². The highest BCUT2D eigenvalue weighted by atomic mass is 16.8. The van der Waals surface area contributed by atoms with Gasteiger partial charge in [-0.2, -0.15) is 0 Å². The molecule has 1 aliphatic heterocycles. The van der Waals surface area contributed by atoms with Crippen molar-refractivity contribution >= 4 is 23.9 Å². The Hall–Kier alpha value is -6.52. The summed E-state index contributed by atoms with van der Waals surface area (Å²) in [6.07, 6.45) is 10.6. The van der Waals surface area contributed by atoms with Gasteiger partial charge in [0.2, 0.25) is 0 Å². The average molecular weight is 797 g/mol. The van der Waals surface area contributed by atoms with E-state index in [1.165, 1.54) is 0 Å². The summed E-state index contributed by atoms with van der Waals surface area (Å²) in [4.78, 5) is 65.6. The van der Waals surface area contributed by atoms with Crippen LogP contribution < -0.4 is 9.47 Å². The highest BCUT2D eigenvalue weighted by molar-refractivity contribution is 5.91. The van der Waals surface area contributed by atoms with Crippen LogP contribution in [-0.4, -0.2) is 96.0 Å². The van der Waals surface area contributed by atoms with Crippen LogP contribution in [0.2, 0.25) is 0 Å². The van der Waals surface area contributed by atoms with Gasteiger partial charge in [-0.05, 0) is 62.8 Å². The summed E-state index contributed by atoms with van der Waals surface area (Å²) in [5, 5.41) is 0. The molecule has 0 bridgehead atoms. The number of hydrogen-bond acceptors (Lipinski definition) is 16. The van der Waals surface area contributed by atoms with E-state index in [1.807, 2.05) is 0 Å². The molecule has 16 heteroatoms. The van der Waals surface area contributed by atoms with Crippen molar-refractivity contribution in [2.24, 2.45) is 0 Å². The molecule has 0 amide bonds. The minimum Gasteiger partial charge on any atom is -0.490 e. The lowest BCUT2D eigenvalue weighted by Gasteiger charge is -2.30. The molecule has 304 valence electrons. The van der Waals surface area contributed by atoms with Crippen LogP contribution in [0.4, 0.5) is 0 Å². The van der Waals surface area contributed by atoms with Gasteiger partial charge in [0, 0.05) is 23.3 Å². The van der Waals surface area contributed by atoms with Crippen LogP contribution in [0.15, 0.2) is 98.6 Å². The van der Waals surface area contributed by atoms with Crippen molar-refractivity contribution in [1.82, 2.24) is 19.9 Å². The molecular weight excluding hydrogens is 752 g/mol. The number of nitrogens with zero attached hydrogens (tertiary/aromatic N) is 4. The van der Waals surface area contributed by atoms with Gasteiger partial charge in [0.25, 0.3) is 12.6 Å². The van der Waals surface area contributed by atoms with Gasteiger partial charge >= 0.3 is 23.9 Å². The summed E-state index contributed by atoms with van der Waals surface area (Å²) < 4.78 is 43.5. The van der Waals surface area contributed by atoms with Crippen molar-refractivity contribution in [3.8, 4) is 34.3 Å². The zero-order valence-corrected chi connectivity index (χ0v) is 31.8. The Kier molecular flexibility index (Phi) is 16.8. The standard InChI is InChI=1S/C42H44N4O12/c1-3-35(47)53-21-9-5-7-19-51-33-25-43-37(44-26-33)29-11-15-31(16-12-29)39(49)57-41-42(56-24-23-55-41)58-40(50)32-17-13-30(14-18-32)38-45-27-34(28-46-38)52-20-8-6-10-22-54-36(48)4-2/h3-4,11-18,25-28,41-42H,1-2,5-10,19-24H2. The Morgan fingerprint density at radius 2 is 0.914 bits per heavy atom. The van der Waals surface area contributed by atoms with Crippen LogP contribution >= 0.6 is 0 Å². The predicted octanol–water partition coefficient (Wildman–Crippen LogP) is 5.87. The number of esters is 4. The number of hydrogen-bond donors (Lipinski definition) is 0. The van der Waals surface area contributed by atoms with Crippen molar-refractivity contribution in [2.45, 2.75) is 51.1 Å². The number of benzene rings is 2. The van der Waals surface area contributed by atoms with E-state index in [-0.39, 0.29) is 24.3 Å². The van der Waals surface area contributed by atoms with E-state index in [0.29, 0.717) is 60.7 Å². The molecular formula is C42H44N4O12. The maximum Gasteiger partial charge on any atom is 0.340 e. The third kappa shape index (κ3) is 13.6. The monoisotopic (exact) mass is 796 g/mol. The maximum atomic E-state index is 13.0. The molecule has 1 fully saturated rings. The number of carbonyl (C=O) groups is 4. The molecule has 1 aliphatic rings. The van der Waals surface area contributed by atoms with Gasteiger partial charge in [0.05, 0.1) is 75.6 Å². The quantitative estimate of drug-likeness (QED) is 0.0396. The highest BCUT2D eigenvalue weighted by Crippen LogP contribution is 2.22. The maximum absolute atomic E-state index is 13.0. The van der Waals surface area contributed by atoms with Gasteiger partial charge in [-0.1, -0.05) is 37.4 Å². The van der Waals surface area contributed by atoms with E-state index in [4.69, 9.17) is 37.9 Å². The van der Waals surface area contributed by atoms with Crippen molar-refractivity contribution in [2.75, 3.05) is 39.6 Å². The molecule has 0 spiro atoms. The minimum atomic E-state index is -1.30. The molecule has 0 aliphatic carbocycles. The van der Waals surface area contributed by atoms with E-state index in [1.54, 1.807) is 73.3 Å². The fourth-order valence-corrected chi connectivity index (χ4v) is 5.21. The van der Waals surface area contributed by atoms with Gasteiger partial charge in [-0.3, -0.25) is 0 Å². The van der Waals surface area contributed by atoms with Crippen LogP contribution in [0, 0.1) is 0 Å². The van der Waals surface area contributed by atoms with E-state index in [0.717, 1.165) is 50.7 Å². The smallest absolute Gasteiger partial charge is 0.340 e. The Labute approximate surface area is 335 Å². The van der Waals surface area contributed by atoms with E-state index >= 15 is 0 Å². The summed E-state index contributed by atoms with van der Waals surface area (Å²) in [6.45, 7) is 8.58. The number of unbranched alkanes of at least 4 members (excludes halogenated alkanes) is 4. The first kappa shape index (κ1) is 42.6. The third-order valence-electron chi connectivity index (χ3n) is 8.27. The molecule has 1 saturated heterocycles. The van der Waals surface area contributed by atoms with Crippen molar-refractivity contribution in [3.05, 3.63) is 110 Å². The lowest BCUT2D eigenvalue weighted by Crippen LogP contribution is -2.44. The van der Waals surface area contributed by atoms with Crippen molar-refractivity contribution in [1.29, 1.82) is 0 Å². The van der Waals surface area contributed by atoms with E-state index < -0.39 is 36.5 Å². The van der Waals surface area contributed by atoms with Gasteiger partial charge in [0.1, 0.15) is 0 Å². The van der Waals surface area contributed by atoms with Crippen LogP contribution in [0.3, 0.4) is 0 Å². The molecule has 4 aromatic rings. The van der Waals surface area contributed by atoms with Crippen LogP contribution in [-0.2, 0) is 38.0 Å². The zero-order chi connectivity index (χ0) is 41.0. The van der Waals surface area contributed by atoms with Crippen LogP contribution in [0.5, 0.6) is 11.5 Å². The summed E-state index contributed by atoms with van der Waals surface area (Å²) in [5.41, 5.74) is 1.77. The van der Waals surface area contributed by atoms with Crippen molar-refractivity contribution in [3.63, 3.8) is 0 Å². The number of rotatable bonds is 22. The van der Waals surface area contributed by atoms with E-state index in [2.05, 4.69) is 33.1 Å². The molecule has 2 unspecified atom stereocenters. The predicted molar refractivity (Wildman–Crippen MR) is 206 cm³/mol. The average Bonchev–Trinajstić information content (AvgIpc) is 3.26. The number of carbonyl (C=O) groups excluding carboxylic acids is 4. The highest BCUT2D eigenvalue weighted by Gasteiger charge is 2.34. The Balaban J connectivity index is 1.04. The third-order valence-corrected chi connectivity index (χ3v) is 8.27. The molecule has 16 nitrogen and oxygen atoms in total. The molecule has 3 heterocycles. The summed E-state index contributed by atoms with van der Waals surface area (Å²) >= 11 is 0. The summed E-state index contributed by atoms with van der Waals surface area (Å²) in [5.74, 6) is -0.399. The lowest BCUT2D eigenvalue weighted by atomic mass is 10.1. The molecule has 5 rings (SSSR count). The van der Waals surface area contributed by atoms with Crippen LogP contribution in [0.25, 0.3) is 22.8 Å². The topological polar surface area (TPSA) is 194 Å². The number of aromatic nitrogens is 4. The SMILES string of the molecule is C=CC(=O)OCCCCCOc1cnc(-c2ccc(C(=O)OC3OCCOC3OC(=O)c3ccc(-c4ncc(OCCCCCOC(=O)C=C)cn4)cc3)cc2)nc1. The second-order valence-corrected chi connectivity index (χ2v) is 12.5. The minimum absolute atomic E-state index is 0.128. The second-order valence-electron chi connectivity index (χ2n) is 12.5. The molecule has 0 radical (unpaired) electrons. The molecule has 0 saturated carbocycles. The van der Waals surface area contributed by atoms with Gasteiger partial charge in [0.15, 0.2) is 23.1 Å². The summed E-state index contributed by atoms with van der Waals surface area (Å²) in [7, 11) is 0.